The van der Waals surface area contributed by atoms with E-state index >= 15 is 0 Å². The second-order valence-electron chi connectivity index (χ2n) is 2.83. The van der Waals surface area contributed by atoms with Gasteiger partial charge < -0.3 is 14.6 Å². The lowest BCUT2D eigenvalue weighted by Gasteiger charge is -2.07. The van der Waals surface area contributed by atoms with E-state index in [0.29, 0.717) is 11.8 Å². The van der Waals surface area contributed by atoms with Crippen LogP contribution in [-0.4, -0.2) is 22.3 Å². The zero-order chi connectivity index (χ0) is 9.42. The van der Waals surface area contributed by atoms with Gasteiger partial charge in [-0.3, -0.25) is 0 Å². The molecule has 1 aromatic heterocycles. The number of carbonyl (C=O) groups is 1. The summed E-state index contributed by atoms with van der Waals surface area (Å²) in [6.45, 7) is 0.304. The van der Waals surface area contributed by atoms with Crippen molar-refractivity contribution in [1.82, 2.24) is 14.9 Å². The van der Waals surface area contributed by atoms with Gasteiger partial charge in [0.15, 0.2) is 5.15 Å². The van der Waals surface area contributed by atoms with Gasteiger partial charge in [0.2, 0.25) is 0 Å². The van der Waals surface area contributed by atoms with Crippen LogP contribution in [0, 0.1) is 0 Å². The van der Waals surface area contributed by atoms with Gasteiger partial charge in [-0.05, 0) is 0 Å². The molecule has 1 aliphatic heterocycles. The summed E-state index contributed by atoms with van der Waals surface area (Å²) in [4.78, 5) is 14.7. The van der Waals surface area contributed by atoms with Crippen molar-refractivity contribution >= 4 is 17.7 Å². The van der Waals surface area contributed by atoms with Gasteiger partial charge in [-0.1, -0.05) is 11.6 Å². The number of imidazole rings is 1. The molecule has 1 aromatic rings. The fourth-order valence-corrected chi connectivity index (χ4v) is 1.64. The molecule has 70 valence electrons. The molecule has 0 radical (unpaired) electrons. The largest absolute Gasteiger partial charge is 0.447 e. The van der Waals surface area contributed by atoms with Crippen LogP contribution in [0.3, 0.4) is 0 Å². The third-order valence-electron chi connectivity index (χ3n) is 1.94. The summed E-state index contributed by atoms with van der Waals surface area (Å²) in [5.41, 5.74) is 0.771. The Kier molecular flexibility index (Phi) is 1.88. The maximum Gasteiger partial charge on any atom is 0.407 e. The van der Waals surface area contributed by atoms with Crippen molar-refractivity contribution in [1.29, 1.82) is 0 Å². The van der Waals surface area contributed by atoms with Crippen molar-refractivity contribution in [3.05, 3.63) is 17.2 Å². The normalized spacial score (nSPS) is 21.4. The summed E-state index contributed by atoms with van der Waals surface area (Å²) in [5.74, 6) is 0. The van der Waals surface area contributed by atoms with E-state index in [2.05, 4.69) is 10.3 Å². The number of amides is 1. The molecule has 5 nitrogen and oxygen atoms in total. The van der Waals surface area contributed by atoms with Gasteiger partial charge in [-0.2, -0.15) is 0 Å². The third kappa shape index (κ3) is 1.35. The topological polar surface area (TPSA) is 56.2 Å². The molecule has 1 amide bonds. The van der Waals surface area contributed by atoms with Crippen molar-refractivity contribution in [3.63, 3.8) is 0 Å². The molecule has 1 aliphatic rings. The number of rotatable bonds is 1. The second-order valence-corrected chi connectivity index (χ2v) is 3.18. The van der Waals surface area contributed by atoms with Crippen molar-refractivity contribution < 1.29 is 9.53 Å². The van der Waals surface area contributed by atoms with E-state index in [4.69, 9.17) is 16.3 Å². The van der Waals surface area contributed by atoms with Gasteiger partial charge in [0.1, 0.15) is 12.6 Å². The van der Waals surface area contributed by atoms with Crippen LogP contribution in [0.25, 0.3) is 0 Å². The van der Waals surface area contributed by atoms with Gasteiger partial charge in [-0.25, -0.2) is 9.78 Å². The average Bonchev–Trinajstić information content (AvgIpc) is 2.60. The highest BCUT2D eigenvalue weighted by atomic mass is 35.5. The van der Waals surface area contributed by atoms with Crippen molar-refractivity contribution in [3.8, 4) is 0 Å². The van der Waals surface area contributed by atoms with Crippen LogP contribution in [-0.2, 0) is 11.8 Å². The summed E-state index contributed by atoms with van der Waals surface area (Å²) >= 11 is 5.83. The number of cyclic esters (lactones) is 1. The molecule has 6 heteroatoms. The number of nitrogens with zero attached hydrogens (tertiary/aromatic N) is 2. The van der Waals surface area contributed by atoms with E-state index in [1.165, 1.54) is 0 Å². The predicted molar refractivity (Wildman–Crippen MR) is 45.4 cm³/mol. The number of aryl methyl sites for hydroxylation is 1. The SMILES string of the molecule is Cn1cnc(Cl)c1C1COC(=O)N1. The molecule has 0 bridgehead atoms. The second kappa shape index (κ2) is 2.92. The quantitative estimate of drug-likeness (QED) is 0.733. The Morgan fingerprint density at radius 3 is 3.08 bits per heavy atom. The van der Waals surface area contributed by atoms with E-state index < -0.39 is 6.09 Å². The fourth-order valence-electron chi connectivity index (χ4n) is 1.33. The zero-order valence-corrected chi connectivity index (χ0v) is 7.71. The summed E-state index contributed by atoms with van der Waals surface area (Å²) in [6, 6.07) is -0.188. The van der Waals surface area contributed by atoms with Gasteiger partial charge in [0.25, 0.3) is 0 Å². The number of halogens is 1. The van der Waals surface area contributed by atoms with Crippen LogP contribution < -0.4 is 5.32 Å². The lowest BCUT2D eigenvalue weighted by atomic mass is 10.2. The Balaban J connectivity index is 2.30. The Bertz CT molecular complexity index is 330. The molecule has 1 atom stereocenters. The zero-order valence-electron chi connectivity index (χ0n) is 6.95. The van der Waals surface area contributed by atoms with E-state index in [1.807, 2.05) is 7.05 Å². The molecule has 0 saturated carbocycles. The summed E-state index contributed by atoms with van der Waals surface area (Å²) in [6.07, 6.45) is 1.18. The summed E-state index contributed by atoms with van der Waals surface area (Å²) in [5, 5.41) is 3.03. The smallest absolute Gasteiger partial charge is 0.407 e. The highest BCUT2D eigenvalue weighted by molar-refractivity contribution is 6.30. The molecule has 0 spiro atoms. The highest BCUT2D eigenvalue weighted by Gasteiger charge is 2.28. The van der Waals surface area contributed by atoms with Crippen LogP contribution in [0.5, 0.6) is 0 Å². The number of aromatic nitrogens is 2. The maximum atomic E-state index is 10.8. The Morgan fingerprint density at radius 2 is 2.62 bits per heavy atom. The minimum Gasteiger partial charge on any atom is -0.447 e. The van der Waals surface area contributed by atoms with Gasteiger partial charge in [0, 0.05) is 7.05 Å². The Labute approximate surface area is 79.7 Å². The van der Waals surface area contributed by atoms with Gasteiger partial charge in [0.05, 0.1) is 12.0 Å². The van der Waals surface area contributed by atoms with Gasteiger partial charge in [-0.15, -0.1) is 0 Å². The molecular weight excluding hydrogens is 194 g/mol. The number of hydrogen-bond acceptors (Lipinski definition) is 3. The molecule has 1 N–H and O–H groups in total. The average molecular weight is 202 g/mol. The fraction of sp³-hybridized carbons (Fsp3) is 0.429. The molecule has 1 fully saturated rings. The molecule has 0 aromatic carbocycles. The molecule has 13 heavy (non-hydrogen) atoms. The number of alkyl carbamates (subject to hydrolysis) is 1. The minimum absolute atomic E-state index is 0.188. The first-order valence-electron chi connectivity index (χ1n) is 3.78. The molecule has 2 heterocycles. The first kappa shape index (κ1) is 8.37. The van der Waals surface area contributed by atoms with Crippen LogP contribution in [0.4, 0.5) is 4.79 Å². The molecule has 1 saturated heterocycles. The van der Waals surface area contributed by atoms with Crippen LogP contribution in [0.15, 0.2) is 6.33 Å². The van der Waals surface area contributed by atoms with Crippen LogP contribution >= 0.6 is 11.6 Å². The number of carbonyl (C=O) groups excluding carboxylic acids is 1. The van der Waals surface area contributed by atoms with Gasteiger partial charge >= 0.3 is 6.09 Å². The number of ether oxygens (including phenoxy) is 1. The van der Waals surface area contributed by atoms with E-state index in [0.717, 1.165) is 5.69 Å². The van der Waals surface area contributed by atoms with E-state index in [9.17, 15) is 4.79 Å². The monoisotopic (exact) mass is 201 g/mol. The first-order valence-corrected chi connectivity index (χ1v) is 4.16. The highest BCUT2D eigenvalue weighted by Crippen LogP contribution is 2.23. The number of hydrogen-bond donors (Lipinski definition) is 1. The summed E-state index contributed by atoms with van der Waals surface area (Å²) < 4.78 is 6.52. The standard InChI is InChI=1S/C7H8ClN3O2/c1-11-3-9-6(8)5(11)4-2-13-7(12)10-4/h3-4H,2H2,1H3,(H,10,12). The summed E-state index contributed by atoms with van der Waals surface area (Å²) in [7, 11) is 1.82. The molecule has 2 rings (SSSR count). The molecule has 0 aliphatic carbocycles. The Morgan fingerprint density at radius 1 is 1.85 bits per heavy atom. The van der Waals surface area contributed by atoms with Crippen molar-refractivity contribution in [2.45, 2.75) is 6.04 Å². The lowest BCUT2D eigenvalue weighted by Crippen LogP contribution is -2.20. The van der Waals surface area contributed by atoms with Crippen molar-refractivity contribution in [2.75, 3.05) is 6.61 Å². The van der Waals surface area contributed by atoms with Crippen molar-refractivity contribution in [2.24, 2.45) is 7.05 Å². The molecule has 1 unspecified atom stereocenters. The number of nitrogens with one attached hydrogen (secondary N) is 1. The van der Waals surface area contributed by atoms with E-state index in [-0.39, 0.29) is 6.04 Å². The molecular formula is C7H8ClN3O2. The maximum absolute atomic E-state index is 10.8. The third-order valence-corrected chi connectivity index (χ3v) is 2.23. The Hall–Kier alpha value is -1.23. The predicted octanol–water partition coefficient (Wildman–Crippen LogP) is 0.854. The lowest BCUT2D eigenvalue weighted by molar-refractivity contribution is 0.176. The van der Waals surface area contributed by atoms with Crippen LogP contribution in [0.2, 0.25) is 5.15 Å². The van der Waals surface area contributed by atoms with Crippen LogP contribution in [0.1, 0.15) is 11.7 Å². The first-order chi connectivity index (χ1) is 6.18. The van der Waals surface area contributed by atoms with E-state index in [1.54, 1.807) is 10.9 Å². The minimum atomic E-state index is -0.415.